The lowest BCUT2D eigenvalue weighted by molar-refractivity contribution is -0.144. The minimum absolute atomic E-state index is 0.0491. The average molecular weight is 467 g/mol. The highest BCUT2D eigenvalue weighted by Gasteiger charge is 2.39. The molecule has 8 heteroatoms. The topological polar surface area (TPSA) is 105 Å². The second-order valence-corrected chi connectivity index (χ2v) is 9.74. The van der Waals surface area contributed by atoms with E-state index in [9.17, 15) is 19.5 Å². The summed E-state index contributed by atoms with van der Waals surface area (Å²) in [6.07, 6.45) is -0.928. The van der Waals surface area contributed by atoms with Crippen LogP contribution in [0.5, 0.6) is 0 Å². The first-order valence-electron chi connectivity index (χ1n) is 11.5. The van der Waals surface area contributed by atoms with Gasteiger partial charge in [0.15, 0.2) is 0 Å². The number of hydrogen-bond donors (Lipinski definition) is 2. The molecule has 0 bridgehead atoms. The van der Waals surface area contributed by atoms with Crippen molar-refractivity contribution in [3.8, 4) is 11.1 Å². The van der Waals surface area contributed by atoms with Gasteiger partial charge >= 0.3 is 18.2 Å². The Bertz CT molecular complexity index is 1050. The van der Waals surface area contributed by atoms with Gasteiger partial charge in [0.2, 0.25) is 0 Å². The summed E-state index contributed by atoms with van der Waals surface area (Å²) in [6, 6.07) is 15.5. The molecular formula is C26H30N2O6. The van der Waals surface area contributed by atoms with Crippen LogP contribution in [-0.4, -0.2) is 59.5 Å². The smallest absolute Gasteiger partial charge is 0.409 e. The van der Waals surface area contributed by atoms with E-state index in [1.54, 1.807) is 20.8 Å². The molecule has 2 aromatic carbocycles. The number of ether oxygens (including phenoxy) is 2. The highest BCUT2D eigenvalue weighted by Crippen LogP contribution is 2.44. The molecule has 2 atom stereocenters. The normalized spacial score (nSPS) is 19.7. The van der Waals surface area contributed by atoms with Gasteiger partial charge in [0, 0.05) is 25.0 Å². The molecular weight excluding hydrogens is 436 g/mol. The summed E-state index contributed by atoms with van der Waals surface area (Å²) in [5.74, 6) is -2.11. The molecule has 1 heterocycles. The zero-order valence-electron chi connectivity index (χ0n) is 19.6. The number of nitrogens with zero attached hydrogens (tertiary/aromatic N) is 1. The van der Waals surface area contributed by atoms with E-state index in [2.05, 4.69) is 17.4 Å². The molecule has 1 fully saturated rings. The van der Waals surface area contributed by atoms with E-state index in [-0.39, 0.29) is 25.6 Å². The summed E-state index contributed by atoms with van der Waals surface area (Å²) in [6.45, 7) is 5.61. The molecule has 2 aromatic rings. The number of piperidine rings is 1. The molecule has 2 amide bonds. The zero-order valence-corrected chi connectivity index (χ0v) is 19.6. The molecule has 2 N–H and O–H groups in total. The van der Waals surface area contributed by atoms with Crippen molar-refractivity contribution in [1.82, 2.24) is 10.2 Å². The van der Waals surface area contributed by atoms with Crippen LogP contribution in [0.4, 0.5) is 9.59 Å². The van der Waals surface area contributed by atoms with Crippen LogP contribution in [0.3, 0.4) is 0 Å². The lowest BCUT2D eigenvalue weighted by Gasteiger charge is -2.36. The summed E-state index contributed by atoms with van der Waals surface area (Å²) < 4.78 is 10.9. The van der Waals surface area contributed by atoms with Gasteiger partial charge in [-0.1, -0.05) is 48.5 Å². The molecule has 4 rings (SSSR count). The fraction of sp³-hybridized carbons (Fsp3) is 0.423. The first kappa shape index (κ1) is 23.6. The molecule has 8 nitrogen and oxygen atoms in total. The molecule has 1 aliphatic carbocycles. The van der Waals surface area contributed by atoms with Crippen LogP contribution in [0, 0.1) is 5.92 Å². The predicted molar refractivity (Wildman–Crippen MR) is 126 cm³/mol. The number of benzene rings is 2. The molecule has 1 saturated heterocycles. The van der Waals surface area contributed by atoms with Crippen molar-refractivity contribution in [2.24, 2.45) is 5.92 Å². The van der Waals surface area contributed by atoms with Gasteiger partial charge in [-0.15, -0.1) is 0 Å². The molecule has 0 saturated carbocycles. The van der Waals surface area contributed by atoms with E-state index >= 15 is 0 Å². The summed E-state index contributed by atoms with van der Waals surface area (Å²) in [5.41, 5.74) is 3.81. The fourth-order valence-electron chi connectivity index (χ4n) is 4.69. The van der Waals surface area contributed by atoms with Crippen LogP contribution >= 0.6 is 0 Å². The van der Waals surface area contributed by atoms with E-state index in [0.717, 1.165) is 22.3 Å². The predicted octanol–water partition coefficient (Wildman–Crippen LogP) is 4.24. The highest BCUT2D eigenvalue weighted by atomic mass is 16.6. The number of alkyl carbamates (subject to hydrolysis) is 1. The Kier molecular flexibility index (Phi) is 6.50. The van der Waals surface area contributed by atoms with Crippen LogP contribution in [0.15, 0.2) is 48.5 Å². The fourth-order valence-corrected chi connectivity index (χ4v) is 4.69. The van der Waals surface area contributed by atoms with E-state index in [1.807, 2.05) is 36.4 Å². The number of carbonyl (C=O) groups is 3. The van der Waals surface area contributed by atoms with Crippen molar-refractivity contribution in [2.75, 3.05) is 19.7 Å². The summed E-state index contributed by atoms with van der Waals surface area (Å²) in [7, 11) is 0. The SMILES string of the molecule is CC(C)(C)OC(=O)NC1CCN(C(=O)OCC2c3ccccc3-c3ccccc32)CC1C(=O)O. The van der Waals surface area contributed by atoms with Gasteiger partial charge in [-0.25, -0.2) is 9.59 Å². The van der Waals surface area contributed by atoms with Crippen molar-refractivity contribution >= 4 is 18.2 Å². The third kappa shape index (κ3) is 5.00. The maximum Gasteiger partial charge on any atom is 0.409 e. The van der Waals surface area contributed by atoms with E-state index in [1.165, 1.54) is 4.90 Å². The minimum atomic E-state index is -1.09. The Morgan fingerprint density at radius 1 is 1.03 bits per heavy atom. The molecule has 0 spiro atoms. The van der Waals surface area contributed by atoms with Crippen LogP contribution in [0.2, 0.25) is 0 Å². The molecule has 2 unspecified atom stereocenters. The van der Waals surface area contributed by atoms with Crippen molar-refractivity contribution < 1.29 is 29.0 Å². The molecule has 0 aromatic heterocycles. The van der Waals surface area contributed by atoms with Gasteiger partial charge in [-0.05, 0) is 49.4 Å². The molecule has 34 heavy (non-hydrogen) atoms. The quantitative estimate of drug-likeness (QED) is 0.699. The third-order valence-corrected chi connectivity index (χ3v) is 6.23. The van der Waals surface area contributed by atoms with Crippen LogP contribution in [0.1, 0.15) is 44.2 Å². The minimum Gasteiger partial charge on any atom is -0.481 e. The maximum absolute atomic E-state index is 12.9. The van der Waals surface area contributed by atoms with Crippen LogP contribution < -0.4 is 5.32 Å². The van der Waals surface area contributed by atoms with Gasteiger partial charge in [-0.2, -0.15) is 0 Å². The number of carbonyl (C=O) groups excluding carboxylic acids is 2. The van der Waals surface area contributed by atoms with Gasteiger partial charge < -0.3 is 24.8 Å². The largest absolute Gasteiger partial charge is 0.481 e. The Labute approximate surface area is 198 Å². The van der Waals surface area contributed by atoms with Gasteiger partial charge in [0.25, 0.3) is 0 Å². The second kappa shape index (κ2) is 9.37. The van der Waals surface area contributed by atoms with Crippen molar-refractivity contribution in [3.05, 3.63) is 59.7 Å². The van der Waals surface area contributed by atoms with Crippen LogP contribution in [0.25, 0.3) is 11.1 Å². The lowest BCUT2D eigenvalue weighted by atomic mass is 9.92. The maximum atomic E-state index is 12.9. The van der Waals surface area contributed by atoms with Gasteiger partial charge in [0.1, 0.15) is 12.2 Å². The second-order valence-electron chi connectivity index (χ2n) is 9.74. The number of likely N-dealkylation sites (tertiary alicyclic amines) is 1. The summed E-state index contributed by atoms with van der Waals surface area (Å²) >= 11 is 0. The zero-order chi connectivity index (χ0) is 24.5. The number of rotatable bonds is 4. The molecule has 180 valence electrons. The first-order chi connectivity index (χ1) is 16.1. The van der Waals surface area contributed by atoms with E-state index in [0.29, 0.717) is 6.42 Å². The molecule has 2 aliphatic rings. The number of aliphatic carboxylic acids is 1. The Balaban J connectivity index is 1.39. The van der Waals surface area contributed by atoms with Crippen molar-refractivity contribution in [3.63, 3.8) is 0 Å². The highest BCUT2D eigenvalue weighted by molar-refractivity contribution is 5.79. The number of carboxylic acids is 1. The van der Waals surface area contributed by atoms with Crippen molar-refractivity contribution in [2.45, 2.75) is 44.8 Å². The number of amides is 2. The summed E-state index contributed by atoms with van der Waals surface area (Å²) in [5, 5.41) is 12.3. The number of carboxylic acid groups (broad SMARTS) is 1. The first-order valence-corrected chi connectivity index (χ1v) is 11.5. The Hall–Kier alpha value is -3.55. The van der Waals surface area contributed by atoms with Crippen LogP contribution in [-0.2, 0) is 14.3 Å². The standard InChI is InChI=1S/C26H30N2O6/c1-26(2,3)34-24(31)27-22-12-13-28(14-20(22)23(29)30)25(32)33-15-21-18-10-6-4-8-16(18)17-9-5-7-11-19(17)21/h4-11,20-22H,12-15H2,1-3H3,(H,27,31)(H,29,30). The monoisotopic (exact) mass is 466 g/mol. The number of nitrogens with one attached hydrogen (secondary N) is 1. The number of fused-ring (bicyclic) bond motifs is 3. The van der Waals surface area contributed by atoms with Crippen molar-refractivity contribution in [1.29, 1.82) is 0 Å². The Morgan fingerprint density at radius 3 is 2.18 bits per heavy atom. The number of hydrogen-bond acceptors (Lipinski definition) is 5. The van der Waals surface area contributed by atoms with Gasteiger partial charge in [-0.3, -0.25) is 4.79 Å². The third-order valence-electron chi connectivity index (χ3n) is 6.23. The van der Waals surface area contributed by atoms with Gasteiger partial charge in [0.05, 0.1) is 5.92 Å². The van der Waals surface area contributed by atoms with E-state index in [4.69, 9.17) is 9.47 Å². The average Bonchev–Trinajstić information content (AvgIpc) is 3.10. The van der Waals surface area contributed by atoms with E-state index < -0.39 is 35.7 Å². The molecule has 0 radical (unpaired) electrons. The Morgan fingerprint density at radius 2 is 1.62 bits per heavy atom. The lowest BCUT2D eigenvalue weighted by Crippen LogP contribution is -2.55. The molecule has 1 aliphatic heterocycles. The summed E-state index contributed by atoms with van der Waals surface area (Å²) in [4.78, 5) is 38.3.